The molecule has 0 saturated carbocycles. The number of benzene rings is 3. The molecule has 0 spiro atoms. The van der Waals surface area contributed by atoms with Crippen molar-refractivity contribution in [1.82, 2.24) is 4.90 Å². The first-order chi connectivity index (χ1) is 17.0. The Morgan fingerprint density at radius 1 is 1.06 bits per heavy atom. The van der Waals surface area contributed by atoms with Gasteiger partial charge in [0.25, 0.3) is 0 Å². The Bertz CT molecular complexity index is 1320. The lowest BCUT2D eigenvalue weighted by Gasteiger charge is -2.30. The van der Waals surface area contributed by atoms with Crippen molar-refractivity contribution in [1.29, 1.82) is 0 Å². The minimum atomic E-state index is -0.136. The van der Waals surface area contributed by atoms with Crippen LogP contribution in [0.2, 0.25) is 0 Å². The third-order valence-corrected chi connectivity index (χ3v) is 6.85. The Labute approximate surface area is 213 Å². The molecule has 0 bridgehead atoms. The van der Waals surface area contributed by atoms with Gasteiger partial charge in [-0.25, -0.2) is 0 Å². The number of methoxy groups -OCH3 is 2. The molecule has 2 heterocycles. The van der Waals surface area contributed by atoms with Gasteiger partial charge in [-0.3, -0.25) is 9.69 Å². The van der Waals surface area contributed by atoms with Crippen molar-refractivity contribution in [2.45, 2.75) is 19.9 Å². The van der Waals surface area contributed by atoms with Gasteiger partial charge in [0, 0.05) is 34.3 Å². The van der Waals surface area contributed by atoms with Crippen LogP contribution in [-0.2, 0) is 13.0 Å². The third kappa shape index (κ3) is 4.66. The zero-order chi connectivity index (χ0) is 24.5. The highest BCUT2D eigenvalue weighted by atomic mass is 79.9. The summed E-state index contributed by atoms with van der Waals surface area (Å²) in [6.07, 6.45) is 2.63. The average molecular weight is 536 g/mol. The van der Waals surface area contributed by atoms with Gasteiger partial charge in [0.05, 0.1) is 19.8 Å². The second-order valence-corrected chi connectivity index (χ2v) is 9.53. The van der Waals surface area contributed by atoms with Crippen LogP contribution in [0.5, 0.6) is 23.0 Å². The summed E-state index contributed by atoms with van der Waals surface area (Å²) in [6, 6.07) is 15.7. The molecule has 0 unspecified atom stereocenters. The standard InChI is InChI=1S/C28H26BrNO5/c1-17-27-20(15-30(16-34-27)11-10-18-4-7-22(32-2)8-5-18)13-23-26(31)25(35-28(17)23)14-19-12-21(29)6-9-24(19)33-3/h4-9,12-14H,10-11,15-16H2,1-3H3/b25-14-. The lowest BCUT2D eigenvalue weighted by atomic mass is 9.99. The van der Waals surface area contributed by atoms with E-state index in [-0.39, 0.29) is 11.5 Å². The Kier molecular flexibility index (Phi) is 6.54. The van der Waals surface area contributed by atoms with Gasteiger partial charge >= 0.3 is 0 Å². The molecule has 7 heteroatoms. The van der Waals surface area contributed by atoms with E-state index in [1.165, 1.54) is 5.56 Å². The maximum Gasteiger partial charge on any atom is 0.231 e. The minimum Gasteiger partial charge on any atom is -0.497 e. The van der Waals surface area contributed by atoms with Crippen LogP contribution in [-0.4, -0.2) is 38.2 Å². The van der Waals surface area contributed by atoms with Crippen molar-refractivity contribution < 1.29 is 23.7 Å². The number of rotatable bonds is 6. The molecule has 0 N–H and O–H groups in total. The molecule has 0 aliphatic carbocycles. The number of carbonyl (C=O) groups is 1. The van der Waals surface area contributed by atoms with Crippen LogP contribution in [0.4, 0.5) is 0 Å². The first kappa shape index (κ1) is 23.5. The average Bonchev–Trinajstić information content (AvgIpc) is 3.18. The van der Waals surface area contributed by atoms with E-state index < -0.39 is 0 Å². The molecule has 2 aliphatic rings. The van der Waals surface area contributed by atoms with E-state index in [1.54, 1.807) is 20.3 Å². The fraction of sp³-hybridized carbons (Fsp3) is 0.250. The van der Waals surface area contributed by atoms with Gasteiger partial charge in [-0.1, -0.05) is 28.1 Å². The van der Waals surface area contributed by atoms with E-state index >= 15 is 0 Å². The third-order valence-electron chi connectivity index (χ3n) is 6.36. The van der Waals surface area contributed by atoms with E-state index in [0.29, 0.717) is 30.3 Å². The normalized spacial score (nSPS) is 15.9. The summed E-state index contributed by atoms with van der Waals surface area (Å²) in [7, 11) is 3.27. The number of hydrogen-bond acceptors (Lipinski definition) is 6. The van der Waals surface area contributed by atoms with Gasteiger partial charge in [-0.05, 0) is 61.4 Å². The molecule has 0 atom stereocenters. The second-order valence-electron chi connectivity index (χ2n) is 8.62. The monoisotopic (exact) mass is 535 g/mol. The first-order valence-electron chi connectivity index (χ1n) is 11.4. The summed E-state index contributed by atoms with van der Waals surface area (Å²) in [5.41, 5.74) is 4.43. The predicted octanol–water partition coefficient (Wildman–Crippen LogP) is 5.79. The summed E-state index contributed by atoms with van der Waals surface area (Å²) in [4.78, 5) is 15.5. The van der Waals surface area contributed by atoms with Gasteiger partial charge < -0.3 is 18.9 Å². The van der Waals surface area contributed by atoms with Gasteiger partial charge in [-0.15, -0.1) is 0 Å². The van der Waals surface area contributed by atoms with Crippen molar-refractivity contribution in [3.05, 3.63) is 86.6 Å². The zero-order valence-corrected chi connectivity index (χ0v) is 21.5. The molecule has 2 aliphatic heterocycles. The van der Waals surface area contributed by atoms with Crippen molar-refractivity contribution >= 4 is 27.8 Å². The van der Waals surface area contributed by atoms with Crippen LogP contribution in [0.1, 0.15) is 32.6 Å². The highest BCUT2D eigenvalue weighted by molar-refractivity contribution is 9.10. The fourth-order valence-corrected chi connectivity index (χ4v) is 4.86. The summed E-state index contributed by atoms with van der Waals surface area (Å²) in [6.45, 7) is 4.00. The predicted molar refractivity (Wildman–Crippen MR) is 137 cm³/mol. The molecule has 0 aromatic heterocycles. The highest BCUT2D eigenvalue weighted by Gasteiger charge is 2.33. The van der Waals surface area contributed by atoms with Crippen molar-refractivity contribution in [3.63, 3.8) is 0 Å². The summed E-state index contributed by atoms with van der Waals surface area (Å²) in [5, 5.41) is 0. The second kappa shape index (κ2) is 9.76. The molecule has 0 fully saturated rings. The molecule has 6 nitrogen and oxygen atoms in total. The highest BCUT2D eigenvalue weighted by Crippen LogP contribution is 2.43. The topological polar surface area (TPSA) is 57.2 Å². The molecule has 5 rings (SSSR count). The number of carbonyl (C=O) groups excluding carboxylic acids is 1. The quantitative estimate of drug-likeness (QED) is 0.372. The Morgan fingerprint density at radius 2 is 1.86 bits per heavy atom. The molecule has 0 amide bonds. The van der Waals surface area contributed by atoms with Crippen LogP contribution >= 0.6 is 15.9 Å². The Balaban J connectivity index is 1.35. The van der Waals surface area contributed by atoms with E-state index in [1.807, 2.05) is 43.3 Å². The van der Waals surface area contributed by atoms with Gasteiger partial charge in [0.2, 0.25) is 5.78 Å². The SMILES string of the molecule is COc1ccc(CCN2COc3c(cc4c(c3C)O/C(=C\c3cc(Br)ccc3OC)C4=O)C2)cc1. The molecule has 3 aromatic rings. The number of fused-ring (bicyclic) bond motifs is 2. The number of ketones is 1. The fourth-order valence-electron chi connectivity index (χ4n) is 4.48. The molecular weight excluding hydrogens is 510 g/mol. The van der Waals surface area contributed by atoms with Gasteiger partial charge in [0.15, 0.2) is 5.76 Å². The number of halogens is 1. The molecular formula is C28H26BrNO5. The van der Waals surface area contributed by atoms with Crippen LogP contribution in [0.3, 0.4) is 0 Å². The van der Waals surface area contributed by atoms with Crippen LogP contribution in [0, 0.1) is 6.92 Å². The number of hydrogen-bond donors (Lipinski definition) is 0. The van der Waals surface area contributed by atoms with Crippen LogP contribution in [0.15, 0.2) is 58.8 Å². The molecule has 0 saturated heterocycles. The summed E-state index contributed by atoms with van der Waals surface area (Å²) >= 11 is 3.48. The largest absolute Gasteiger partial charge is 0.497 e. The van der Waals surface area contributed by atoms with Gasteiger partial charge in [-0.2, -0.15) is 0 Å². The van der Waals surface area contributed by atoms with E-state index in [4.69, 9.17) is 18.9 Å². The molecule has 3 aromatic carbocycles. The lowest BCUT2D eigenvalue weighted by molar-refractivity contribution is 0.0954. The maximum atomic E-state index is 13.3. The van der Waals surface area contributed by atoms with E-state index in [9.17, 15) is 4.79 Å². The van der Waals surface area contributed by atoms with E-state index in [2.05, 4.69) is 33.0 Å². The summed E-state index contributed by atoms with van der Waals surface area (Å²) in [5.74, 6) is 3.03. The Hall–Kier alpha value is -3.29. The maximum absolute atomic E-state index is 13.3. The Morgan fingerprint density at radius 3 is 2.60 bits per heavy atom. The smallest absolute Gasteiger partial charge is 0.231 e. The van der Waals surface area contributed by atoms with E-state index in [0.717, 1.165) is 45.6 Å². The van der Waals surface area contributed by atoms with Crippen molar-refractivity contribution in [2.24, 2.45) is 0 Å². The van der Waals surface area contributed by atoms with Crippen LogP contribution in [0.25, 0.3) is 6.08 Å². The number of nitrogens with zero attached hydrogens (tertiary/aromatic N) is 1. The lowest BCUT2D eigenvalue weighted by Crippen LogP contribution is -2.34. The van der Waals surface area contributed by atoms with Gasteiger partial charge in [0.1, 0.15) is 29.7 Å². The molecule has 35 heavy (non-hydrogen) atoms. The minimum absolute atomic E-state index is 0.136. The molecule has 0 radical (unpaired) electrons. The number of Topliss-reactive ketones (excluding diaryl/α,β-unsaturated/α-hetero) is 1. The number of ether oxygens (including phenoxy) is 4. The number of allylic oxidation sites excluding steroid dienone is 1. The summed E-state index contributed by atoms with van der Waals surface area (Å²) < 4.78 is 23.7. The van der Waals surface area contributed by atoms with Crippen molar-refractivity contribution in [3.8, 4) is 23.0 Å². The zero-order valence-electron chi connectivity index (χ0n) is 19.9. The van der Waals surface area contributed by atoms with Crippen molar-refractivity contribution in [2.75, 3.05) is 27.5 Å². The molecule has 180 valence electrons. The van der Waals surface area contributed by atoms with Crippen LogP contribution < -0.4 is 18.9 Å². The first-order valence-corrected chi connectivity index (χ1v) is 12.2.